The first-order chi connectivity index (χ1) is 8.22. The van der Waals surface area contributed by atoms with Gasteiger partial charge in [-0.3, -0.25) is 0 Å². The zero-order valence-corrected chi connectivity index (χ0v) is 11.3. The Morgan fingerprint density at radius 3 is 2.65 bits per heavy atom. The number of nitrogens with two attached hydrogens (primary N) is 1. The molecule has 1 heterocycles. The second-order valence-corrected chi connectivity index (χ2v) is 4.89. The molecule has 1 aromatic carbocycles. The van der Waals surface area contributed by atoms with E-state index >= 15 is 0 Å². The number of rotatable bonds is 4. The van der Waals surface area contributed by atoms with Crippen LogP contribution in [0.1, 0.15) is 25.5 Å². The van der Waals surface area contributed by atoms with Gasteiger partial charge in [0.1, 0.15) is 5.76 Å². The third kappa shape index (κ3) is 2.69. The van der Waals surface area contributed by atoms with Gasteiger partial charge in [0.25, 0.3) is 0 Å². The standard InChI is InChI=1S/C13H15BrN2O/c1-2-3-4-11-12(13(15)16-17-11)9-5-7-10(14)8-6-9/h5-8H,2-4H2,1H3,(H2,15,16). The smallest absolute Gasteiger partial charge is 0.175 e. The van der Waals surface area contributed by atoms with Crippen molar-refractivity contribution < 1.29 is 4.52 Å². The number of halogens is 1. The minimum atomic E-state index is 0.471. The van der Waals surface area contributed by atoms with Crippen LogP contribution in [0.15, 0.2) is 33.3 Å². The minimum absolute atomic E-state index is 0.471. The molecule has 0 spiro atoms. The summed E-state index contributed by atoms with van der Waals surface area (Å²) in [5, 5.41) is 3.86. The Balaban J connectivity index is 2.36. The SMILES string of the molecule is CCCCc1onc(N)c1-c1ccc(Br)cc1. The van der Waals surface area contributed by atoms with Crippen LogP contribution in [0.25, 0.3) is 11.1 Å². The van der Waals surface area contributed by atoms with E-state index in [0.29, 0.717) is 5.82 Å². The van der Waals surface area contributed by atoms with Crippen LogP contribution in [0.2, 0.25) is 0 Å². The van der Waals surface area contributed by atoms with Crippen LogP contribution in [-0.2, 0) is 6.42 Å². The van der Waals surface area contributed by atoms with Gasteiger partial charge >= 0.3 is 0 Å². The summed E-state index contributed by atoms with van der Waals surface area (Å²) in [6.45, 7) is 2.15. The van der Waals surface area contributed by atoms with Crippen LogP contribution in [-0.4, -0.2) is 5.16 Å². The maximum atomic E-state index is 5.87. The van der Waals surface area contributed by atoms with E-state index in [1.54, 1.807) is 0 Å². The summed E-state index contributed by atoms with van der Waals surface area (Å²) in [5.41, 5.74) is 7.86. The topological polar surface area (TPSA) is 52.0 Å². The number of nitrogen functional groups attached to an aromatic ring is 1. The van der Waals surface area contributed by atoms with Gasteiger partial charge in [-0.1, -0.05) is 46.6 Å². The molecule has 0 fully saturated rings. The molecule has 1 aromatic heterocycles. The summed E-state index contributed by atoms with van der Waals surface area (Å²) < 4.78 is 6.34. The Labute approximate surface area is 109 Å². The highest BCUT2D eigenvalue weighted by molar-refractivity contribution is 9.10. The zero-order chi connectivity index (χ0) is 12.3. The molecule has 0 aliphatic rings. The molecule has 3 nitrogen and oxygen atoms in total. The van der Waals surface area contributed by atoms with Gasteiger partial charge in [-0.15, -0.1) is 0 Å². The Hall–Kier alpha value is -1.29. The third-order valence-corrected chi connectivity index (χ3v) is 3.21. The molecule has 2 rings (SSSR count). The summed E-state index contributed by atoms with van der Waals surface area (Å²) in [6.07, 6.45) is 3.09. The molecule has 0 bridgehead atoms. The molecule has 0 saturated heterocycles. The second-order valence-electron chi connectivity index (χ2n) is 3.98. The fourth-order valence-corrected chi connectivity index (χ4v) is 2.04. The van der Waals surface area contributed by atoms with E-state index in [4.69, 9.17) is 10.3 Å². The van der Waals surface area contributed by atoms with Gasteiger partial charge in [-0.05, 0) is 24.1 Å². The lowest BCUT2D eigenvalue weighted by atomic mass is 10.0. The first kappa shape index (κ1) is 12.2. The molecular formula is C13H15BrN2O. The van der Waals surface area contributed by atoms with Crippen molar-refractivity contribution >= 4 is 21.7 Å². The van der Waals surface area contributed by atoms with Crippen molar-refractivity contribution in [2.75, 3.05) is 5.73 Å². The predicted octanol–water partition coefficient (Wildman–Crippen LogP) is 4.03. The van der Waals surface area contributed by atoms with E-state index in [1.165, 1.54) is 0 Å². The van der Waals surface area contributed by atoms with E-state index in [9.17, 15) is 0 Å². The molecule has 4 heteroatoms. The van der Waals surface area contributed by atoms with Gasteiger partial charge in [0.05, 0.1) is 5.56 Å². The highest BCUT2D eigenvalue weighted by Gasteiger charge is 2.14. The molecule has 2 aromatic rings. The molecule has 0 aliphatic carbocycles. The normalized spacial score (nSPS) is 10.7. The van der Waals surface area contributed by atoms with E-state index in [1.807, 2.05) is 24.3 Å². The maximum absolute atomic E-state index is 5.87. The first-order valence-electron chi connectivity index (χ1n) is 5.72. The number of hydrogen-bond acceptors (Lipinski definition) is 3. The van der Waals surface area contributed by atoms with Crippen LogP contribution >= 0.6 is 15.9 Å². The molecule has 17 heavy (non-hydrogen) atoms. The summed E-state index contributed by atoms with van der Waals surface area (Å²) in [7, 11) is 0. The van der Waals surface area contributed by atoms with E-state index in [-0.39, 0.29) is 0 Å². The zero-order valence-electron chi connectivity index (χ0n) is 9.74. The first-order valence-corrected chi connectivity index (χ1v) is 6.51. The lowest BCUT2D eigenvalue weighted by Gasteiger charge is -2.02. The fraction of sp³-hybridized carbons (Fsp3) is 0.308. The van der Waals surface area contributed by atoms with Gasteiger partial charge in [0, 0.05) is 10.9 Å². The summed E-state index contributed by atoms with van der Waals surface area (Å²) in [6, 6.07) is 8.02. The summed E-state index contributed by atoms with van der Waals surface area (Å²) >= 11 is 3.42. The van der Waals surface area contributed by atoms with Gasteiger partial charge in [0.2, 0.25) is 0 Å². The maximum Gasteiger partial charge on any atom is 0.175 e. The number of benzene rings is 1. The number of aromatic nitrogens is 1. The van der Waals surface area contributed by atoms with Gasteiger partial charge in [-0.2, -0.15) is 0 Å². The van der Waals surface area contributed by atoms with Crippen LogP contribution in [0.5, 0.6) is 0 Å². The molecule has 0 unspecified atom stereocenters. The Morgan fingerprint density at radius 1 is 1.29 bits per heavy atom. The van der Waals surface area contributed by atoms with Crippen LogP contribution < -0.4 is 5.73 Å². The van der Waals surface area contributed by atoms with Crippen LogP contribution in [0, 0.1) is 0 Å². The Bertz CT molecular complexity index is 491. The second kappa shape index (κ2) is 5.36. The lowest BCUT2D eigenvalue weighted by Crippen LogP contribution is -1.90. The average Bonchev–Trinajstić information content (AvgIpc) is 2.69. The minimum Gasteiger partial charge on any atom is -0.380 e. The van der Waals surface area contributed by atoms with Crippen molar-refractivity contribution in [2.45, 2.75) is 26.2 Å². The number of unbranched alkanes of at least 4 members (excludes halogenated alkanes) is 1. The van der Waals surface area contributed by atoms with Gasteiger partial charge in [-0.25, -0.2) is 0 Å². The monoisotopic (exact) mass is 294 g/mol. The number of aryl methyl sites for hydroxylation is 1. The molecule has 2 N–H and O–H groups in total. The Morgan fingerprint density at radius 2 is 2.00 bits per heavy atom. The van der Waals surface area contributed by atoms with Gasteiger partial charge in [0.15, 0.2) is 5.82 Å². The Kier molecular flexibility index (Phi) is 3.84. The summed E-state index contributed by atoms with van der Waals surface area (Å²) in [5.74, 6) is 1.35. The van der Waals surface area contributed by atoms with Crippen molar-refractivity contribution in [3.63, 3.8) is 0 Å². The number of nitrogens with zero attached hydrogens (tertiary/aromatic N) is 1. The van der Waals surface area contributed by atoms with Crippen molar-refractivity contribution in [3.8, 4) is 11.1 Å². The van der Waals surface area contributed by atoms with Crippen molar-refractivity contribution in [1.82, 2.24) is 5.16 Å². The van der Waals surface area contributed by atoms with Crippen molar-refractivity contribution in [1.29, 1.82) is 0 Å². The largest absolute Gasteiger partial charge is 0.380 e. The highest BCUT2D eigenvalue weighted by Crippen LogP contribution is 2.31. The van der Waals surface area contributed by atoms with Gasteiger partial charge < -0.3 is 10.3 Å². The van der Waals surface area contributed by atoms with E-state index in [2.05, 4.69) is 28.0 Å². The molecular weight excluding hydrogens is 280 g/mol. The van der Waals surface area contributed by atoms with E-state index < -0.39 is 0 Å². The number of hydrogen-bond donors (Lipinski definition) is 1. The molecule has 0 amide bonds. The fourth-order valence-electron chi connectivity index (χ4n) is 1.77. The molecule has 90 valence electrons. The predicted molar refractivity (Wildman–Crippen MR) is 72.7 cm³/mol. The van der Waals surface area contributed by atoms with Crippen LogP contribution in [0.4, 0.5) is 5.82 Å². The lowest BCUT2D eigenvalue weighted by molar-refractivity contribution is 0.383. The molecule has 0 aliphatic heterocycles. The molecule has 0 saturated carbocycles. The number of anilines is 1. The average molecular weight is 295 g/mol. The molecule has 0 atom stereocenters. The third-order valence-electron chi connectivity index (χ3n) is 2.68. The van der Waals surface area contributed by atoms with Crippen molar-refractivity contribution in [3.05, 3.63) is 34.5 Å². The van der Waals surface area contributed by atoms with Crippen molar-refractivity contribution in [2.24, 2.45) is 0 Å². The summed E-state index contributed by atoms with van der Waals surface area (Å²) in [4.78, 5) is 0. The highest BCUT2D eigenvalue weighted by atomic mass is 79.9. The quantitative estimate of drug-likeness (QED) is 0.926. The van der Waals surface area contributed by atoms with Crippen LogP contribution in [0.3, 0.4) is 0 Å². The van der Waals surface area contributed by atoms with E-state index in [0.717, 1.165) is 40.6 Å². The molecule has 0 radical (unpaired) electrons.